The zero-order valence-corrected chi connectivity index (χ0v) is 12.1. The van der Waals surface area contributed by atoms with Gasteiger partial charge in [-0.3, -0.25) is 0 Å². The summed E-state index contributed by atoms with van der Waals surface area (Å²) in [5.74, 6) is 0.263. The third-order valence-corrected chi connectivity index (χ3v) is 3.91. The van der Waals surface area contributed by atoms with Crippen molar-refractivity contribution in [3.05, 3.63) is 24.3 Å². The van der Waals surface area contributed by atoms with E-state index in [9.17, 15) is 5.11 Å². The fraction of sp³-hybridized carbons (Fsp3) is 0.600. The molecule has 1 aromatic carbocycles. The SMILES string of the molecule is OC(CCl)CNc1ccccc1N1CCCCCC1. The van der Waals surface area contributed by atoms with E-state index in [1.807, 2.05) is 6.07 Å². The summed E-state index contributed by atoms with van der Waals surface area (Å²) >= 11 is 5.63. The van der Waals surface area contributed by atoms with Gasteiger partial charge >= 0.3 is 0 Å². The molecule has 0 spiro atoms. The minimum Gasteiger partial charge on any atom is -0.390 e. The number of alkyl halides is 1. The molecule has 1 saturated heterocycles. The van der Waals surface area contributed by atoms with Gasteiger partial charge in [-0.05, 0) is 25.0 Å². The molecule has 1 heterocycles. The number of hydrogen-bond acceptors (Lipinski definition) is 3. The van der Waals surface area contributed by atoms with Crippen LogP contribution in [0.1, 0.15) is 25.7 Å². The van der Waals surface area contributed by atoms with Crippen LogP contribution in [0.4, 0.5) is 11.4 Å². The summed E-state index contributed by atoms with van der Waals surface area (Å²) < 4.78 is 0. The Morgan fingerprint density at radius 2 is 1.84 bits per heavy atom. The Morgan fingerprint density at radius 3 is 2.53 bits per heavy atom. The van der Waals surface area contributed by atoms with Gasteiger partial charge in [0.1, 0.15) is 0 Å². The van der Waals surface area contributed by atoms with Crippen LogP contribution >= 0.6 is 11.6 Å². The van der Waals surface area contributed by atoms with Crippen LogP contribution in [0, 0.1) is 0 Å². The maximum atomic E-state index is 9.56. The molecule has 2 N–H and O–H groups in total. The van der Waals surface area contributed by atoms with Crippen LogP contribution in [0.25, 0.3) is 0 Å². The van der Waals surface area contributed by atoms with E-state index >= 15 is 0 Å². The number of nitrogens with zero attached hydrogens (tertiary/aromatic N) is 1. The minimum atomic E-state index is -0.501. The first kappa shape index (κ1) is 14.5. The first-order valence-electron chi connectivity index (χ1n) is 7.13. The molecule has 0 amide bonds. The lowest BCUT2D eigenvalue weighted by atomic mass is 10.2. The number of benzene rings is 1. The lowest BCUT2D eigenvalue weighted by Crippen LogP contribution is -2.26. The molecule has 0 aromatic heterocycles. The largest absolute Gasteiger partial charge is 0.390 e. The van der Waals surface area contributed by atoms with Gasteiger partial charge < -0.3 is 15.3 Å². The summed E-state index contributed by atoms with van der Waals surface area (Å²) in [6.45, 7) is 2.74. The molecule has 1 aliphatic heterocycles. The second kappa shape index (κ2) is 7.61. The smallest absolute Gasteiger partial charge is 0.0847 e. The molecule has 1 aromatic rings. The van der Waals surface area contributed by atoms with E-state index in [-0.39, 0.29) is 5.88 Å². The van der Waals surface area contributed by atoms with Crippen LogP contribution in [0.2, 0.25) is 0 Å². The third kappa shape index (κ3) is 4.29. The Balaban J connectivity index is 2.06. The quantitative estimate of drug-likeness (QED) is 0.815. The number of nitrogens with one attached hydrogen (secondary N) is 1. The second-order valence-corrected chi connectivity index (χ2v) is 5.42. The van der Waals surface area contributed by atoms with Crippen molar-refractivity contribution in [2.24, 2.45) is 0 Å². The van der Waals surface area contributed by atoms with Gasteiger partial charge in [0.2, 0.25) is 0 Å². The van der Waals surface area contributed by atoms with E-state index in [1.165, 1.54) is 31.4 Å². The van der Waals surface area contributed by atoms with Gasteiger partial charge in [0.15, 0.2) is 0 Å². The topological polar surface area (TPSA) is 35.5 Å². The summed E-state index contributed by atoms with van der Waals surface area (Å²) in [5.41, 5.74) is 2.33. The number of aliphatic hydroxyl groups is 1. The predicted octanol–water partition coefficient (Wildman–Crippen LogP) is 3.08. The molecule has 4 heteroatoms. The highest BCUT2D eigenvalue weighted by molar-refractivity contribution is 6.18. The molecule has 1 atom stereocenters. The minimum absolute atomic E-state index is 0.263. The monoisotopic (exact) mass is 282 g/mol. The zero-order valence-electron chi connectivity index (χ0n) is 11.3. The molecule has 0 radical (unpaired) electrons. The maximum Gasteiger partial charge on any atom is 0.0847 e. The summed E-state index contributed by atoms with van der Waals surface area (Å²) in [7, 11) is 0. The molecule has 1 aliphatic rings. The standard InChI is InChI=1S/C15H23ClN2O/c16-11-13(19)12-17-14-7-3-4-8-15(14)18-9-5-1-2-6-10-18/h3-4,7-8,13,17,19H,1-2,5-6,9-12H2. The van der Waals surface area contributed by atoms with Crippen molar-refractivity contribution in [2.45, 2.75) is 31.8 Å². The lowest BCUT2D eigenvalue weighted by molar-refractivity contribution is 0.211. The van der Waals surface area contributed by atoms with Crippen LogP contribution < -0.4 is 10.2 Å². The number of rotatable bonds is 5. The molecular weight excluding hydrogens is 260 g/mol. The van der Waals surface area contributed by atoms with Gasteiger partial charge in [0.05, 0.1) is 23.4 Å². The van der Waals surface area contributed by atoms with Crippen molar-refractivity contribution in [3.8, 4) is 0 Å². The number of aliphatic hydroxyl groups excluding tert-OH is 1. The molecule has 2 rings (SSSR count). The Kier molecular flexibility index (Phi) is 5.80. The first-order chi connectivity index (χ1) is 9.31. The van der Waals surface area contributed by atoms with E-state index in [0.717, 1.165) is 18.8 Å². The Labute approximate surface area is 120 Å². The summed E-state index contributed by atoms with van der Waals surface area (Å²) in [6.07, 6.45) is 4.68. The van der Waals surface area contributed by atoms with E-state index in [2.05, 4.69) is 28.4 Å². The third-order valence-electron chi connectivity index (χ3n) is 3.56. The van der Waals surface area contributed by atoms with Crippen molar-refractivity contribution in [2.75, 3.05) is 35.7 Å². The summed E-state index contributed by atoms with van der Waals surface area (Å²) in [5, 5.41) is 12.9. The van der Waals surface area contributed by atoms with Gasteiger partial charge in [-0.15, -0.1) is 11.6 Å². The molecule has 0 saturated carbocycles. The Hall–Kier alpha value is -0.930. The lowest BCUT2D eigenvalue weighted by Gasteiger charge is -2.26. The Bertz CT molecular complexity index is 378. The normalized spacial score (nSPS) is 17.9. The van der Waals surface area contributed by atoms with Crippen molar-refractivity contribution < 1.29 is 5.11 Å². The average molecular weight is 283 g/mol. The van der Waals surface area contributed by atoms with Crippen molar-refractivity contribution in [1.29, 1.82) is 0 Å². The molecule has 0 bridgehead atoms. The highest BCUT2D eigenvalue weighted by atomic mass is 35.5. The highest BCUT2D eigenvalue weighted by Gasteiger charge is 2.13. The fourth-order valence-electron chi connectivity index (χ4n) is 2.49. The van der Waals surface area contributed by atoms with E-state index in [0.29, 0.717) is 6.54 Å². The molecule has 106 valence electrons. The van der Waals surface area contributed by atoms with Crippen LogP contribution in [0.3, 0.4) is 0 Å². The van der Waals surface area contributed by atoms with E-state index in [1.54, 1.807) is 0 Å². The second-order valence-electron chi connectivity index (χ2n) is 5.11. The van der Waals surface area contributed by atoms with Gasteiger partial charge in [0, 0.05) is 19.6 Å². The zero-order chi connectivity index (χ0) is 13.5. The highest BCUT2D eigenvalue weighted by Crippen LogP contribution is 2.27. The van der Waals surface area contributed by atoms with Crippen molar-refractivity contribution in [1.82, 2.24) is 0 Å². The number of halogens is 1. The predicted molar refractivity (Wildman–Crippen MR) is 82.3 cm³/mol. The van der Waals surface area contributed by atoms with E-state index in [4.69, 9.17) is 11.6 Å². The van der Waals surface area contributed by atoms with Gasteiger partial charge in [-0.2, -0.15) is 0 Å². The van der Waals surface area contributed by atoms with Crippen LogP contribution in [-0.4, -0.2) is 36.7 Å². The molecule has 0 aliphatic carbocycles. The van der Waals surface area contributed by atoms with Crippen LogP contribution in [0.5, 0.6) is 0 Å². The van der Waals surface area contributed by atoms with Gasteiger partial charge in [-0.25, -0.2) is 0 Å². The number of anilines is 2. The molecule has 1 fully saturated rings. The average Bonchev–Trinajstić information content (AvgIpc) is 2.74. The molecule has 1 unspecified atom stereocenters. The summed E-state index contributed by atoms with van der Waals surface area (Å²) in [6, 6.07) is 8.32. The number of hydrogen-bond donors (Lipinski definition) is 2. The number of para-hydroxylation sites is 2. The van der Waals surface area contributed by atoms with Crippen LogP contribution in [0.15, 0.2) is 24.3 Å². The molecule has 3 nitrogen and oxygen atoms in total. The van der Waals surface area contributed by atoms with Gasteiger partial charge in [-0.1, -0.05) is 25.0 Å². The molecular formula is C15H23ClN2O. The van der Waals surface area contributed by atoms with E-state index < -0.39 is 6.10 Å². The van der Waals surface area contributed by atoms with Crippen molar-refractivity contribution >= 4 is 23.0 Å². The fourth-order valence-corrected chi connectivity index (χ4v) is 2.60. The summed E-state index contributed by atoms with van der Waals surface area (Å²) in [4.78, 5) is 2.45. The Morgan fingerprint density at radius 1 is 1.16 bits per heavy atom. The first-order valence-corrected chi connectivity index (χ1v) is 7.66. The maximum absolute atomic E-state index is 9.56. The van der Waals surface area contributed by atoms with Crippen molar-refractivity contribution in [3.63, 3.8) is 0 Å². The van der Waals surface area contributed by atoms with Crippen LogP contribution in [-0.2, 0) is 0 Å². The van der Waals surface area contributed by atoms with Gasteiger partial charge in [0.25, 0.3) is 0 Å². The molecule has 19 heavy (non-hydrogen) atoms.